The molecule has 0 aromatic carbocycles. The van der Waals surface area contributed by atoms with Crippen molar-refractivity contribution < 1.29 is 14.3 Å². The monoisotopic (exact) mass is 559 g/mol. The number of pyridine rings is 2. The average molecular weight is 560 g/mol. The largest absolute Gasteiger partial charge is 0.473 e. The first-order valence-electron chi connectivity index (χ1n) is 14.1. The number of nitrogens with zero attached hydrogens (tertiary/aromatic N) is 6. The Bertz CT molecular complexity index is 1520. The first-order chi connectivity index (χ1) is 19.2. The van der Waals surface area contributed by atoms with E-state index < -0.39 is 8.07 Å². The first kappa shape index (κ1) is 26.6. The number of fused-ring (bicyclic) bond motifs is 1. The van der Waals surface area contributed by atoms with E-state index in [9.17, 15) is 4.79 Å². The predicted molar refractivity (Wildman–Crippen MR) is 156 cm³/mol. The third-order valence-electron chi connectivity index (χ3n) is 7.64. The maximum Gasteiger partial charge on any atom is 0.241 e. The van der Waals surface area contributed by atoms with Gasteiger partial charge in [-0.2, -0.15) is 5.10 Å². The lowest BCUT2D eigenvalue weighted by Gasteiger charge is -2.20. The fraction of sp³-hybridized carbons (Fsp3) is 0.483. The summed E-state index contributed by atoms with van der Waals surface area (Å²) in [4.78, 5) is 26.1. The number of hydrogen-bond donors (Lipinski definition) is 1. The summed E-state index contributed by atoms with van der Waals surface area (Å²) in [6.45, 7) is 10.8. The molecule has 10 nitrogen and oxygen atoms in total. The number of ether oxygens (including phenoxy) is 2. The molecule has 40 heavy (non-hydrogen) atoms. The highest BCUT2D eigenvalue weighted by molar-refractivity contribution is 6.76. The van der Waals surface area contributed by atoms with Crippen LogP contribution in [0.4, 0.5) is 0 Å². The minimum absolute atomic E-state index is 0.0705. The number of imidazole rings is 1. The molecule has 2 atom stereocenters. The van der Waals surface area contributed by atoms with Crippen molar-refractivity contribution in [3.8, 4) is 28.4 Å². The fourth-order valence-electron chi connectivity index (χ4n) is 4.97. The zero-order valence-corrected chi connectivity index (χ0v) is 24.6. The van der Waals surface area contributed by atoms with E-state index in [0.29, 0.717) is 31.6 Å². The SMILES string of the molecule is C[C@@H](Oc1nc(-c2ccnc(-c3cnn(COCC[Si](C)(C)C)c3)c2)cc2ncn(C3CC3)c12)[C@H]1CNC(=O)C1. The molecule has 1 saturated heterocycles. The van der Waals surface area contributed by atoms with E-state index >= 15 is 0 Å². The maximum atomic E-state index is 11.8. The molecule has 1 N–H and O–H groups in total. The lowest BCUT2D eigenvalue weighted by atomic mass is 10.0. The Labute approximate surface area is 235 Å². The van der Waals surface area contributed by atoms with Gasteiger partial charge in [0.05, 0.1) is 29.4 Å². The van der Waals surface area contributed by atoms with Gasteiger partial charge in [0.2, 0.25) is 11.8 Å². The lowest BCUT2D eigenvalue weighted by molar-refractivity contribution is -0.119. The predicted octanol–water partition coefficient (Wildman–Crippen LogP) is 4.91. The second-order valence-corrected chi connectivity index (χ2v) is 17.8. The summed E-state index contributed by atoms with van der Waals surface area (Å²) in [6.07, 6.45) is 10.0. The van der Waals surface area contributed by atoms with Gasteiger partial charge < -0.3 is 19.4 Å². The molecule has 2 aliphatic rings. The maximum absolute atomic E-state index is 11.8. The fourth-order valence-corrected chi connectivity index (χ4v) is 5.72. The molecule has 6 rings (SSSR count). The van der Waals surface area contributed by atoms with Crippen molar-refractivity contribution in [3.63, 3.8) is 0 Å². The summed E-state index contributed by atoms with van der Waals surface area (Å²) in [6, 6.07) is 7.55. The van der Waals surface area contributed by atoms with Crippen LogP contribution in [-0.4, -0.2) is 62.5 Å². The number of carbonyl (C=O) groups excluding carboxylic acids is 1. The van der Waals surface area contributed by atoms with Crippen LogP contribution < -0.4 is 10.1 Å². The van der Waals surface area contributed by atoms with Gasteiger partial charge in [-0.25, -0.2) is 14.6 Å². The van der Waals surface area contributed by atoms with Crippen LogP contribution in [0.1, 0.15) is 32.2 Å². The molecule has 4 aromatic rings. The molecular formula is C29H37N7O3Si. The van der Waals surface area contributed by atoms with Crippen LogP contribution in [-0.2, 0) is 16.3 Å². The molecule has 2 fully saturated rings. The molecule has 1 aliphatic carbocycles. The van der Waals surface area contributed by atoms with Gasteiger partial charge in [0.1, 0.15) is 18.4 Å². The number of aromatic nitrogens is 6. The van der Waals surface area contributed by atoms with Crippen molar-refractivity contribution in [1.82, 2.24) is 34.6 Å². The normalized spacial score (nSPS) is 18.3. The quantitative estimate of drug-likeness (QED) is 0.205. The van der Waals surface area contributed by atoms with Crippen LogP contribution in [0.2, 0.25) is 25.7 Å². The van der Waals surface area contributed by atoms with Gasteiger partial charge in [-0.05, 0) is 44.0 Å². The molecule has 210 valence electrons. The third-order valence-corrected chi connectivity index (χ3v) is 9.34. The first-order valence-corrected chi connectivity index (χ1v) is 17.8. The minimum Gasteiger partial charge on any atom is -0.473 e. The van der Waals surface area contributed by atoms with Crippen molar-refractivity contribution >= 4 is 25.0 Å². The highest BCUT2D eigenvalue weighted by atomic mass is 28.3. The summed E-state index contributed by atoms with van der Waals surface area (Å²) in [5, 5.41) is 7.38. The van der Waals surface area contributed by atoms with Crippen LogP contribution in [0.3, 0.4) is 0 Å². The van der Waals surface area contributed by atoms with Crippen LogP contribution in [0.15, 0.2) is 43.1 Å². The number of rotatable bonds is 11. The Kier molecular flexibility index (Phi) is 7.18. The van der Waals surface area contributed by atoms with Crippen molar-refractivity contribution in [1.29, 1.82) is 0 Å². The highest BCUT2D eigenvalue weighted by Crippen LogP contribution is 2.40. The molecule has 0 unspecified atom stereocenters. The third kappa shape index (κ3) is 5.95. The molecule has 0 bridgehead atoms. The highest BCUT2D eigenvalue weighted by Gasteiger charge is 2.31. The second-order valence-electron chi connectivity index (χ2n) is 12.2. The summed E-state index contributed by atoms with van der Waals surface area (Å²) >= 11 is 0. The van der Waals surface area contributed by atoms with Crippen LogP contribution in [0.25, 0.3) is 33.5 Å². The molecule has 5 heterocycles. The Morgan fingerprint density at radius 1 is 1.15 bits per heavy atom. The number of hydrogen-bond acceptors (Lipinski definition) is 7. The van der Waals surface area contributed by atoms with E-state index in [-0.39, 0.29) is 17.9 Å². The Morgan fingerprint density at radius 2 is 2.00 bits per heavy atom. The second kappa shape index (κ2) is 10.8. The van der Waals surface area contributed by atoms with Gasteiger partial charge in [-0.15, -0.1) is 0 Å². The van der Waals surface area contributed by atoms with Gasteiger partial charge in [-0.3, -0.25) is 9.78 Å². The summed E-state index contributed by atoms with van der Waals surface area (Å²) in [7, 11) is -1.12. The molecule has 1 amide bonds. The Morgan fingerprint density at radius 3 is 2.75 bits per heavy atom. The number of nitrogens with one attached hydrogen (secondary N) is 1. The van der Waals surface area contributed by atoms with E-state index in [1.165, 1.54) is 0 Å². The van der Waals surface area contributed by atoms with Crippen LogP contribution in [0.5, 0.6) is 5.88 Å². The topological polar surface area (TPSA) is 109 Å². The number of carbonyl (C=O) groups is 1. The standard InChI is InChI=1S/C29H37N7O3Si/c1-19(21-12-27(37)31-14-21)39-29-28-26(32-17-36(28)23-5-6-23)13-25(34-29)20-7-8-30-24(11-20)22-15-33-35(16-22)18-38-9-10-40(2,3)4/h7-8,11,13,15-17,19,21,23H,5-6,9-10,12,14,18H2,1-4H3,(H,31,37)/t19-,21-/m1/s1. The van der Waals surface area contributed by atoms with E-state index in [1.807, 2.05) is 43.8 Å². The molecular weight excluding hydrogens is 522 g/mol. The summed E-state index contributed by atoms with van der Waals surface area (Å²) < 4.78 is 16.3. The summed E-state index contributed by atoms with van der Waals surface area (Å²) in [5.41, 5.74) is 5.17. The van der Waals surface area contributed by atoms with Crippen molar-refractivity contribution in [2.24, 2.45) is 5.92 Å². The van der Waals surface area contributed by atoms with Crippen LogP contribution in [0, 0.1) is 5.92 Å². The van der Waals surface area contributed by atoms with Gasteiger partial charge in [0, 0.05) is 63.1 Å². The average Bonchev–Trinajstić information content (AvgIpc) is 3.29. The Balaban J connectivity index is 1.26. The lowest BCUT2D eigenvalue weighted by Crippen LogP contribution is -2.26. The van der Waals surface area contributed by atoms with Gasteiger partial charge in [0.25, 0.3) is 0 Å². The molecule has 1 aliphatic heterocycles. The van der Waals surface area contributed by atoms with Crippen molar-refractivity contribution in [3.05, 3.63) is 43.1 Å². The summed E-state index contributed by atoms with van der Waals surface area (Å²) in [5.74, 6) is 0.736. The van der Waals surface area contributed by atoms with Gasteiger partial charge in [-0.1, -0.05) is 19.6 Å². The van der Waals surface area contributed by atoms with Crippen LogP contribution >= 0.6 is 0 Å². The van der Waals surface area contributed by atoms with E-state index in [1.54, 1.807) is 10.9 Å². The van der Waals surface area contributed by atoms with Gasteiger partial charge in [0.15, 0.2) is 0 Å². The molecule has 0 radical (unpaired) electrons. The minimum atomic E-state index is -1.12. The smallest absolute Gasteiger partial charge is 0.241 e. The van der Waals surface area contributed by atoms with E-state index in [4.69, 9.17) is 19.4 Å². The zero-order valence-electron chi connectivity index (χ0n) is 23.6. The zero-order chi connectivity index (χ0) is 27.9. The van der Waals surface area contributed by atoms with Crippen molar-refractivity contribution in [2.75, 3.05) is 13.2 Å². The number of amides is 1. The molecule has 11 heteroatoms. The molecule has 1 saturated carbocycles. The van der Waals surface area contributed by atoms with E-state index in [0.717, 1.165) is 59.0 Å². The van der Waals surface area contributed by atoms with Crippen molar-refractivity contribution in [2.45, 2.75) is 70.7 Å². The molecule has 0 spiro atoms. The Hall–Kier alpha value is -3.57. The van der Waals surface area contributed by atoms with E-state index in [2.05, 4.69) is 39.6 Å². The molecule has 4 aromatic heterocycles. The van der Waals surface area contributed by atoms with Gasteiger partial charge >= 0.3 is 0 Å².